The minimum atomic E-state index is -1.04. The largest absolute Gasteiger partial charge is 0.482 e. The Kier molecular flexibility index (Phi) is 5.20. The molecule has 114 valence electrons. The molecule has 0 aromatic heterocycles. The molecule has 0 saturated heterocycles. The van der Waals surface area contributed by atoms with Crippen LogP contribution in [0.4, 0.5) is 0 Å². The zero-order valence-electron chi connectivity index (χ0n) is 12.2. The fourth-order valence-corrected chi connectivity index (χ4v) is 2.65. The van der Waals surface area contributed by atoms with Gasteiger partial charge in [0.2, 0.25) is 0 Å². The normalized spacial score (nSPS) is 21.6. The summed E-state index contributed by atoms with van der Waals surface area (Å²) in [4.78, 5) is 22.8. The molecule has 1 aliphatic rings. The van der Waals surface area contributed by atoms with Gasteiger partial charge < -0.3 is 15.2 Å². The van der Waals surface area contributed by atoms with Crippen LogP contribution in [0.5, 0.6) is 5.75 Å². The van der Waals surface area contributed by atoms with Gasteiger partial charge in [-0.2, -0.15) is 0 Å². The van der Waals surface area contributed by atoms with E-state index in [2.05, 4.69) is 12.2 Å². The van der Waals surface area contributed by atoms with Crippen molar-refractivity contribution in [3.8, 4) is 5.75 Å². The van der Waals surface area contributed by atoms with Crippen LogP contribution in [0.3, 0.4) is 0 Å². The number of rotatable bonds is 5. The summed E-state index contributed by atoms with van der Waals surface area (Å²) >= 11 is 0. The lowest BCUT2D eigenvalue weighted by Gasteiger charge is -2.29. The quantitative estimate of drug-likeness (QED) is 0.873. The number of carboxylic acid groups (broad SMARTS) is 1. The van der Waals surface area contributed by atoms with Crippen molar-refractivity contribution in [1.82, 2.24) is 5.32 Å². The minimum absolute atomic E-state index is 0.130. The van der Waals surface area contributed by atoms with Gasteiger partial charge in [-0.3, -0.25) is 4.79 Å². The van der Waals surface area contributed by atoms with Gasteiger partial charge in [0.05, 0.1) is 0 Å². The number of ether oxygens (including phenoxy) is 1. The molecule has 2 atom stereocenters. The van der Waals surface area contributed by atoms with Crippen molar-refractivity contribution in [2.24, 2.45) is 5.92 Å². The van der Waals surface area contributed by atoms with Crippen molar-refractivity contribution >= 4 is 11.9 Å². The molecule has 0 radical (unpaired) electrons. The molecule has 1 aliphatic carbocycles. The molecule has 1 amide bonds. The standard InChI is InChI=1S/C16H21NO4/c1-11-5-2-3-8-14(11)17-16(20)12-6-4-7-13(9-12)21-10-15(18)19/h4,6-7,9,11,14H,2-3,5,8,10H2,1H3,(H,17,20)(H,18,19). The van der Waals surface area contributed by atoms with Gasteiger partial charge in [0.25, 0.3) is 5.91 Å². The topological polar surface area (TPSA) is 75.6 Å². The molecular weight excluding hydrogens is 270 g/mol. The number of nitrogens with one attached hydrogen (secondary N) is 1. The third-order valence-electron chi connectivity index (χ3n) is 3.89. The highest BCUT2D eigenvalue weighted by molar-refractivity contribution is 5.94. The summed E-state index contributed by atoms with van der Waals surface area (Å²) in [5.74, 6) is -0.286. The van der Waals surface area contributed by atoms with E-state index >= 15 is 0 Å². The fraction of sp³-hybridized carbons (Fsp3) is 0.500. The number of benzene rings is 1. The molecule has 1 aromatic carbocycles. The van der Waals surface area contributed by atoms with Crippen LogP contribution in [-0.4, -0.2) is 29.6 Å². The fourth-order valence-electron chi connectivity index (χ4n) is 2.65. The van der Waals surface area contributed by atoms with Gasteiger partial charge in [-0.25, -0.2) is 4.79 Å². The first-order valence-electron chi connectivity index (χ1n) is 7.32. The van der Waals surface area contributed by atoms with Crippen molar-refractivity contribution in [2.75, 3.05) is 6.61 Å². The predicted molar refractivity (Wildman–Crippen MR) is 78.5 cm³/mol. The Balaban J connectivity index is 1.98. The van der Waals surface area contributed by atoms with E-state index in [0.717, 1.165) is 19.3 Å². The molecular formula is C16H21NO4. The van der Waals surface area contributed by atoms with Crippen molar-refractivity contribution < 1.29 is 19.4 Å². The van der Waals surface area contributed by atoms with Crippen LogP contribution in [0.15, 0.2) is 24.3 Å². The summed E-state index contributed by atoms with van der Waals surface area (Å²) in [6.07, 6.45) is 4.54. The second-order valence-corrected chi connectivity index (χ2v) is 5.55. The molecule has 2 N–H and O–H groups in total. The lowest BCUT2D eigenvalue weighted by atomic mass is 9.86. The summed E-state index contributed by atoms with van der Waals surface area (Å²) in [7, 11) is 0. The van der Waals surface area contributed by atoms with Crippen molar-refractivity contribution in [2.45, 2.75) is 38.6 Å². The second-order valence-electron chi connectivity index (χ2n) is 5.55. The zero-order valence-corrected chi connectivity index (χ0v) is 12.2. The first-order valence-corrected chi connectivity index (χ1v) is 7.32. The summed E-state index contributed by atoms with van der Waals surface area (Å²) in [5, 5.41) is 11.7. The monoisotopic (exact) mass is 291 g/mol. The maximum Gasteiger partial charge on any atom is 0.341 e. The molecule has 0 heterocycles. The number of carboxylic acids is 1. The zero-order chi connectivity index (χ0) is 15.2. The molecule has 0 spiro atoms. The molecule has 2 unspecified atom stereocenters. The van der Waals surface area contributed by atoms with Gasteiger partial charge in [-0.05, 0) is 37.0 Å². The molecule has 21 heavy (non-hydrogen) atoms. The van der Waals surface area contributed by atoms with E-state index in [-0.39, 0.29) is 11.9 Å². The smallest absolute Gasteiger partial charge is 0.341 e. The van der Waals surface area contributed by atoms with Crippen LogP contribution < -0.4 is 10.1 Å². The van der Waals surface area contributed by atoms with Gasteiger partial charge in [0.1, 0.15) is 5.75 Å². The third-order valence-corrected chi connectivity index (χ3v) is 3.89. The average Bonchev–Trinajstić information content (AvgIpc) is 2.48. The average molecular weight is 291 g/mol. The lowest BCUT2D eigenvalue weighted by molar-refractivity contribution is -0.139. The Hall–Kier alpha value is -2.04. The maximum atomic E-state index is 12.3. The number of carbonyl (C=O) groups is 2. The first-order chi connectivity index (χ1) is 10.1. The van der Waals surface area contributed by atoms with E-state index in [9.17, 15) is 9.59 Å². The van der Waals surface area contributed by atoms with Crippen LogP contribution >= 0.6 is 0 Å². The summed E-state index contributed by atoms with van der Waals surface area (Å²) in [6.45, 7) is 1.75. The minimum Gasteiger partial charge on any atom is -0.482 e. The number of aliphatic carboxylic acids is 1. The SMILES string of the molecule is CC1CCCCC1NC(=O)c1cccc(OCC(=O)O)c1. The Bertz CT molecular complexity index is 515. The number of carbonyl (C=O) groups excluding carboxylic acids is 1. The van der Waals surface area contributed by atoms with Gasteiger partial charge in [0, 0.05) is 11.6 Å². The van der Waals surface area contributed by atoms with E-state index in [0.29, 0.717) is 17.2 Å². The van der Waals surface area contributed by atoms with E-state index in [4.69, 9.17) is 9.84 Å². The lowest BCUT2D eigenvalue weighted by Crippen LogP contribution is -2.41. The molecule has 1 saturated carbocycles. The Morgan fingerprint density at radius 2 is 2.10 bits per heavy atom. The van der Waals surface area contributed by atoms with E-state index in [1.807, 2.05) is 0 Å². The molecule has 0 aliphatic heterocycles. The third kappa shape index (κ3) is 4.48. The predicted octanol–water partition coefficient (Wildman–Crippen LogP) is 2.46. The van der Waals surface area contributed by atoms with Crippen molar-refractivity contribution in [3.63, 3.8) is 0 Å². The maximum absolute atomic E-state index is 12.3. The van der Waals surface area contributed by atoms with Gasteiger partial charge in [-0.1, -0.05) is 25.8 Å². The summed E-state index contributed by atoms with van der Waals surface area (Å²) < 4.78 is 5.09. The van der Waals surface area contributed by atoms with Gasteiger partial charge in [0.15, 0.2) is 6.61 Å². The highest BCUT2D eigenvalue weighted by Gasteiger charge is 2.23. The van der Waals surface area contributed by atoms with E-state index < -0.39 is 12.6 Å². The first kappa shape index (κ1) is 15.4. The van der Waals surface area contributed by atoms with Crippen LogP contribution in [-0.2, 0) is 4.79 Å². The molecule has 5 heteroatoms. The number of hydrogen-bond acceptors (Lipinski definition) is 3. The highest BCUT2D eigenvalue weighted by Crippen LogP contribution is 2.24. The molecule has 0 bridgehead atoms. The molecule has 1 aromatic rings. The van der Waals surface area contributed by atoms with Gasteiger partial charge >= 0.3 is 5.97 Å². The van der Waals surface area contributed by atoms with E-state index in [1.165, 1.54) is 6.42 Å². The van der Waals surface area contributed by atoms with Crippen LogP contribution in [0.1, 0.15) is 43.0 Å². The van der Waals surface area contributed by atoms with Crippen molar-refractivity contribution in [3.05, 3.63) is 29.8 Å². The number of hydrogen-bond donors (Lipinski definition) is 2. The Labute approximate surface area is 124 Å². The van der Waals surface area contributed by atoms with Gasteiger partial charge in [-0.15, -0.1) is 0 Å². The van der Waals surface area contributed by atoms with Crippen LogP contribution in [0, 0.1) is 5.92 Å². The van der Waals surface area contributed by atoms with E-state index in [1.54, 1.807) is 24.3 Å². The second kappa shape index (κ2) is 7.11. The molecule has 5 nitrogen and oxygen atoms in total. The number of amides is 1. The molecule has 1 fully saturated rings. The molecule has 2 rings (SSSR count). The Morgan fingerprint density at radius 3 is 2.81 bits per heavy atom. The van der Waals surface area contributed by atoms with Crippen LogP contribution in [0.2, 0.25) is 0 Å². The summed E-state index contributed by atoms with van der Waals surface area (Å²) in [6, 6.07) is 6.83. The Morgan fingerprint density at radius 1 is 1.33 bits per heavy atom. The summed E-state index contributed by atoms with van der Waals surface area (Å²) in [5.41, 5.74) is 0.496. The van der Waals surface area contributed by atoms with Crippen LogP contribution in [0.25, 0.3) is 0 Å². The van der Waals surface area contributed by atoms with Crippen molar-refractivity contribution in [1.29, 1.82) is 0 Å². The highest BCUT2D eigenvalue weighted by atomic mass is 16.5.